The summed E-state index contributed by atoms with van der Waals surface area (Å²) in [6.45, 7) is 0. The van der Waals surface area contributed by atoms with Gasteiger partial charge in [-0.1, -0.05) is 0 Å². The molecule has 3 N–H and O–H groups in total. The summed E-state index contributed by atoms with van der Waals surface area (Å²) in [6.07, 6.45) is 3.34. The van der Waals surface area contributed by atoms with Gasteiger partial charge in [0.05, 0.1) is 13.2 Å². The monoisotopic (exact) mass is 283 g/mol. The van der Waals surface area contributed by atoms with E-state index in [0.29, 0.717) is 5.56 Å². The van der Waals surface area contributed by atoms with Gasteiger partial charge in [-0.05, 0) is 37.2 Å². The fourth-order valence-corrected chi connectivity index (χ4v) is 4.19. The fraction of sp³-hybridized carbons (Fsp3) is 0.667. The second-order valence-corrected chi connectivity index (χ2v) is 5.91. The maximum absolute atomic E-state index is 11.8. The predicted molar refractivity (Wildman–Crippen MR) is 72.4 cm³/mol. The number of nitrogen functional groups attached to an aromatic ring is 1. The number of esters is 1. The number of aliphatic hydroxyl groups excluding tert-OH is 1. The molecular formula is C12H17N3O3S. The van der Waals surface area contributed by atoms with Gasteiger partial charge in [-0.2, -0.15) is 4.37 Å². The molecule has 2 atom stereocenters. The third-order valence-electron chi connectivity index (χ3n) is 4.03. The Bertz CT molecular complexity index is 490. The highest BCUT2D eigenvalue weighted by molar-refractivity contribution is 7.11. The van der Waals surface area contributed by atoms with Gasteiger partial charge in [0, 0.05) is 12.1 Å². The van der Waals surface area contributed by atoms with Crippen molar-refractivity contribution in [2.24, 2.45) is 0 Å². The SMILES string of the molecule is COC(=O)c1c(N)nsc1N1C2CCC1CC(O)C2. The first-order chi connectivity index (χ1) is 9.11. The Kier molecular flexibility index (Phi) is 3.10. The molecule has 2 aliphatic rings. The van der Waals surface area contributed by atoms with Crippen LogP contribution in [0.5, 0.6) is 0 Å². The molecule has 0 aliphatic carbocycles. The lowest BCUT2D eigenvalue weighted by molar-refractivity contribution is 0.0602. The Morgan fingerprint density at radius 1 is 1.47 bits per heavy atom. The molecule has 1 aromatic heterocycles. The van der Waals surface area contributed by atoms with Crippen LogP contribution in [0.3, 0.4) is 0 Å². The van der Waals surface area contributed by atoms with Crippen LogP contribution in [-0.2, 0) is 4.74 Å². The number of nitrogens with two attached hydrogens (primary N) is 1. The molecule has 0 aromatic carbocycles. The van der Waals surface area contributed by atoms with E-state index in [4.69, 9.17) is 10.5 Å². The summed E-state index contributed by atoms with van der Waals surface area (Å²) in [5, 5.41) is 10.6. The summed E-state index contributed by atoms with van der Waals surface area (Å²) >= 11 is 1.24. The van der Waals surface area contributed by atoms with E-state index in [2.05, 4.69) is 9.27 Å². The first-order valence-electron chi connectivity index (χ1n) is 6.41. The number of fused-ring (bicyclic) bond motifs is 2. The van der Waals surface area contributed by atoms with Gasteiger partial charge in [0.15, 0.2) is 5.82 Å². The Labute approximate surface area is 115 Å². The summed E-state index contributed by atoms with van der Waals surface area (Å²) in [7, 11) is 1.35. The third kappa shape index (κ3) is 1.97. The maximum atomic E-state index is 11.8. The fourth-order valence-electron chi connectivity index (χ4n) is 3.24. The number of methoxy groups -OCH3 is 1. The van der Waals surface area contributed by atoms with Crippen molar-refractivity contribution in [2.75, 3.05) is 17.7 Å². The molecule has 2 bridgehead atoms. The largest absolute Gasteiger partial charge is 0.465 e. The molecule has 19 heavy (non-hydrogen) atoms. The average molecular weight is 283 g/mol. The van der Waals surface area contributed by atoms with Crippen molar-refractivity contribution in [3.8, 4) is 0 Å². The predicted octanol–water partition coefficient (Wildman–Crippen LogP) is 1.00. The van der Waals surface area contributed by atoms with E-state index >= 15 is 0 Å². The van der Waals surface area contributed by atoms with E-state index in [9.17, 15) is 9.90 Å². The molecular weight excluding hydrogens is 266 g/mol. The number of rotatable bonds is 2. The summed E-state index contributed by atoms with van der Waals surface area (Å²) < 4.78 is 8.88. The molecule has 0 spiro atoms. The van der Waals surface area contributed by atoms with Crippen molar-refractivity contribution in [3.63, 3.8) is 0 Å². The zero-order valence-electron chi connectivity index (χ0n) is 10.7. The van der Waals surface area contributed by atoms with E-state index < -0.39 is 5.97 Å². The number of anilines is 2. The van der Waals surface area contributed by atoms with Crippen LogP contribution in [0.1, 0.15) is 36.0 Å². The zero-order chi connectivity index (χ0) is 13.6. The third-order valence-corrected chi connectivity index (χ3v) is 4.91. The molecule has 2 saturated heterocycles. The molecule has 0 saturated carbocycles. The first-order valence-corrected chi connectivity index (χ1v) is 7.19. The topological polar surface area (TPSA) is 88.7 Å². The Morgan fingerprint density at radius 2 is 2.11 bits per heavy atom. The second-order valence-electron chi connectivity index (χ2n) is 5.16. The normalized spacial score (nSPS) is 29.6. The number of hydrogen-bond acceptors (Lipinski definition) is 7. The van der Waals surface area contributed by atoms with Gasteiger partial charge in [0.25, 0.3) is 0 Å². The molecule has 2 fully saturated rings. The van der Waals surface area contributed by atoms with E-state index in [-0.39, 0.29) is 24.0 Å². The number of hydrogen-bond donors (Lipinski definition) is 2. The minimum Gasteiger partial charge on any atom is -0.465 e. The van der Waals surface area contributed by atoms with Crippen LogP contribution in [0.2, 0.25) is 0 Å². The zero-order valence-corrected chi connectivity index (χ0v) is 11.5. The van der Waals surface area contributed by atoms with Crippen molar-refractivity contribution in [3.05, 3.63) is 5.56 Å². The van der Waals surface area contributed by atoms with Crippen molar-refractivity contribution < 1.29 is 14.6 Å². The van der Waals surface area contributed by atoms with Crippen LogP contribution in [-0.4, -0.2) is 40.7 Å². The first kappa shape index (κ1) is 12.7. The van der Waals surface area contributed by atoms with E-state index in [0.717, 1.165) is 30.7 Å². The summed E-state index contributed by atoms with van der Waals surface area (Å²) in [5.41, 5.74) is 6.16. The van der Waals surface area contributed by atoms with Gasteiger partial charge in [-0.3, -0.25) is 0 Å². The molecule has 0 amide bonds. The van der Waals surface area contributed by atoms with Gasteiger partial charge in [-0.25, -0.2) is 4.79 Å². The Hall–Kier alpha value is -1.34. The summed E-state index contributed by atoms with van der Waals surface area (Å²) in [6, 6.07) is 0.550. The van der Waals surface area contributed by atoms with Crippen LogP contribution < -0.4 is 10.6 Å². The van der Waals surface area contributed by atoms with Crippen LogP contribution >= 0.6 is 11.5 Å². The highest BCUT2D eigenvalue weighted by Gasteiger charge is 2.43. The standard InChI is InChI=1S/C12H17N3O3S/c1-18-12(17)9-10(13)14-19-11(9)15-6-2-3-7(15)5-8(16)4-6/h6-8,16H,2-5H2,1H3,(H2,13,14). The van der Waals surface area contributed by atoms with Crippen molar-refractivity contribution in [1.29, 1.82) is 0 Å². The van der Waals surface area contributed by atoms with E-state index in [1.807, 2.05) is 0 Å². The summed E-state index contributed by atoms with van der Waals surface area (Å²) in [5.74, 6) is -0.204. The molecule has 6 nitrogen and oxygen atoms in total. The molecule has 7 heteroatoms. The van der Waals surface area contributed by atoms with Crippen molar-refractivity contribution in [2.45, 2.75) is 43.9 Å². The van der Waals surface area contributed by atoms with Gasteiger partial charge < -0.3 is 20.5 Å². The number of aliphatic hydroxyl groups is 1. The number of carbonyl (C=O) groups excluding carboxylic acids is 1. The van der Waals surface area contributed by atoms with Crippen molar-refractivity contribution in [1.82, 2.24) is 4.37 Å². The lowest BCUT2D eigenvalue weighted by atomic mass is 10.00. The molecule has 2 unspecified atom stereocenters. The maximum Gasteiger partial charge on any atom is 0.344 e. The smallest absolute Gasteiger partial charge is 0.344 e. The lowest BCUT2D eigenvalue weighted by Crippen LogP contribution is -2.45. The number of aromatic nitrogens is 1. The molecule has 2 aliphatic heterocycles. The Morgan fingerprint density at radius 3 is 2.68 bits per heavy atom. The number of ether oxygens (including phenoxy) is 1. The highest BCUT2D eigenvalue weighted by atomic mass is 32.1. The van der Waals surface area contributed by atoms with Crippen LogP contribution in [0.25, 0.3) is 0 Å². The quantitative estimate of drug-likeness (QED) is 0.787. The summed E-state index contributed by atoms with van der Waals surface area (Å²) in [4.78, 5) is 14.1. The van der Waals surface area contributed by atoms with Gasteiger partial charge >= 0.3 is 5.97 Å². The molecule has 3 rings (SSSR count). The highest BCUT2D eigenvalue weighted by Crippen LogP contribution is 2.43. The Balaban J connectivity index is 1.97. The van der Waals surface area contributed by atoms with Gasteiger partial charge in [-0.15, -0.1) is 0 Å². The van der Waals surface area contributed by atoms with Crippen molar-refractivity contribution >= 4 is 28.3 Å². The van der Waals surface area contributed by atoms with Gasteiger partial charge in [0.2, 0.25) is 0 Å². The molecule has 104 valence electrons. The lowest BCUT2D eigenvalue weighted by Gasteiger charge is -2.38. The van der Waals surface area contributed by atoms with Crippen LogP contribution in [0, 0.1) is 0 Å². The van der Waals surface area contributed by atoms with E-state index in [1.165, 1.54) is 18.6 Å². The van der Waals surface area contributed by atoms with Crippen LogP contribution in [0.15, 0.2) is 0 Å². The minimum absolute atomic E-state index is 0.234. The number of piperidine rings is 1. The average Bonchev–Trinajstić information content (AvgIpc) is 2.87. The second kappa shape index (κ2) is 4.64. The number of carbonyl (C=O) groups is 1. The number of nitrogens with zero attached hydrogens (tertiary/aromatic N) is 2. The van der Waals surface area contributed by atoms with E-state index in [1.54, 1.807) is 0 Å². The molecule has 3 heterocycles. The minimum atomic E-state index is -0.438. The molecule has 0 radical (unpaired) electrons. The van der Waals surface area contributed by atoms with Gasteiger partial charge in [0.1, 0.15) is 10.6 Å². The van der Waals surface area contributed by atoms with Crippen LogP contribution in [0.4, 0.5) is 10.8 Å². The molecule has 1 aromatic rings.